The number of nitriles is 1. The first-order valence-electron chi connectivity index (χ1n) is 6.43. The van der Waals surface area contributed by atoms with Crippen molar-refractivity contribution in [3.8, 4) is 6.07 Å². The van der Waals surface area contributed by atoms with Crippen molar-refractivity contribution in [1.82, 2.24) is 0 Å². The van der Waals surface area contributed by atoms with Gasteiger partial charge in [0.1, 0.15) is 0 Å². The fourth-order valence-electron chi connectivity index (χ4n) is 2.28. The third-order valence-electron chi connectivity index (χ3n) is 3.24. The zero-order valence-electron chi connectivity index (χ0n) is 11.1. The van der Waals surface area contributed by atoms with Crippen molar-refractivity contribution in [3.05, 3.63) is 70.6 Å². The molecule has 0 saturated carbocycles. The van der Waals surface area contributed by atoms with Gasteiger partial charge in [0.15, 0.2) is 0 Å². The number of rotatable bonds is 2. The smallest absolute Gasteiger partial charge is 0.0998 e. The standard InChI is InChI=1S/C18H13NS/c1-13-5-4-6-14(9-13)10-15(11-19)17-12-20-18-8-3-2-7-16(17)18/h2-10,12H,1H3/b15-10-. The third kappa shape index (κ3) is 2.36. The average Bonchev–Trinajstić information content (AvgIpc) is 2.89. The predicted molar refractivity (Wildman–Crippen MR) is 86.5 cm³/mol. The molecule has 0 radical (unpaired) electrons. The number of benzene rings is 2. The molecule has 1 aromatic heterocycles. The van der Waals surface area contributed by atoms with E-state index in [1.165, 1.54) is 10.3 Å². The molecule has 0 atom stereocenters. The molecule has 3 rings (SSSR count). The summed E-state index contributed by atoms with van der Waals surface area (Å²) in [6, 6.07) is 18.7. The van der Waals surface area contributed by atoms with Crippen LogP contribution in [-0.2, 0) is 0 Å². The van der Waals surface area contributed by atoms with Crippen molar-refractivity contribution in [2.45, 2.75) is 6.92 Å². The van der Waals surface area contributed by atoms with Crippen molar-refractivity contribution >= 4 is 33.1 Å². The van der Waals surface area contributed by atoms with E-state index >= 15 is 0 Å². The maximum Gasteiger partial charge on any atom is 0.0998 e. The molecule has 2 aromatic carbocycles. The molecule has 96 valence electrons. The van der Waals surface area contributed by atoms with Gasteiger partial charge in [-0.3, -0.25) is 0 Å². The van der Waals surface area contributed by atoms with Gasteiger partial charge in [0.25, 0.3) is 0 Å². The number of hydrogen-bond acceptors (Lipinski definition) is 2. The fraction of sp³-hybridized carbons (Fsp3) is 0.0556. The van der Waals surface area contributed by atoms with Crippen LogP contribution < -0.4 is 0 Å². The van der Waals surface area contributed by atoms with E-state index in [4.69, 9.17) is 0 Å². The number of aryl methyl sites for hydroxylation is 1. The van der Waals surface area contributed by atoms with Gasteiger partial charge in [-0.15, -0.1) is 11.3 Å². The predicted octanol–water partition coefficient (Wildman–Crippen LogP) is 5.27. The Balaban J connectivity index is 2.13. The summed E-state index contributed by atoms with van der Waals surface area (Å²) in [5.41, 5.74) is 4.01. The summed E-state index contributed by atoms with van der Waals surface area (Å²) in [7, 11) is 0. The van der Waals surface area contributed by atoms with Gasteiger partial charge < -0.3 is 0 Å². The summed E-state index contributed by atoms with van der Waals surface area (Å²) >= 11 is 1.68. The number of thiophene rings is 1. The lowest BCUT2D eigenvalue weighted by Crippen LogP contribution is -1.81. The second-order valence-electron chi connectivity index (χ2n) is 4.73. The fourth-order valence-corrected chi connectivity index (χ4v) is 3.24. The van der Waals surface area contributed by atoms with E-state index in [0.29, 0.717) is 5.57 Å². The molecule has 0 aliphatic carbocycles. The highest BCUT2D eigenvalue weighted by Gasteiger charge is 2.08. The summed E-state index contributed by atoms with van der Waals surface area (Å²) in [6.07, 6.45) is 1.96. The maximum atomic E-state index is 9.47. The van der Waals surface area contributed by atoms with Crippen LogP contribution in [0.5, 0.6) is 0 Å². The third-order valence-corrected chi connectivity index (χ3v) is 4.21. The van der Waals surface area contributed by atoms with E-state index < -0.39 is 0 Å². The van der Waals surface area contributed by atoms with E-state index in [1.54, 1.807) is 11.3 Å². The van der Waals surface area contributed by atoms with Crippen molar-refractivity contribution in [2.24, 2.45) is 0 Å². The van der Waals surface area contributed by atoms with Gasteiger partial charge in [-0.2, -0.15) is 5.26 Å². The van der Waals surface area contributed by atoms with Crippen LogP contribution in [0.25, 0.3) is 21.7 Å². The monoisotopic (exact) mass is 275 g/mol. The molecule has 0 aliphatic heterocycles. The lowest BCUT2D eigenvalue weighted by Gasteiger charge is -2.00. The molecule has 0 spiro atoms. The molecular formula is C18H13NS. The van der Waals surface area contributed by atoms with Crippen LogP contribution in [0.15, 0.2) is 53.9 Å². The molecular weight excluding hydrogens is 262 g/mol. The number of allylic oxidation sites excluding steroid dienone is 1. The second kappa shape index (κ2) is 5.32. The second-order valence-corrected chi connectivity index (χ2v) is 5.64. The summed E-state index contributed by atoms with van der Waals surface area (Å²) in [5.74, 6) is 0. The Hall–Kier alpha value is -2.37. The van der Waals surface area contributed by atoms with E-state index in [2.05, 4.69) is 42.6 Å². The molecule has 0 unspecified atom stereocenters. The topological polar surface area (TPSA) is 23.8 Å². The Morgan fingerprint density at radius 2 is 2.00 bits per heavy atom. The van der Waals surface area contributed by atoms with Gasteiger partial charge in [-0.25, -0.2) is 0 Å². The minimum absolute atomic E-state index is 0.716. The summed E-state index contributed by atoms with van der Waals surface area (Å²) in [5, 5.41) is 12.7. The van der Waals surface area contributed by atoms with Crippen LogP contribution in [0, 0.1) is 18.3 Å². The largest absolute Gasteiger partial charge is 0.192 e. The highest BCUT2D eigenvalue weighted by atomic mass is 32.1. The molecule has 3 aromatic rings. The molecule has 0 N–H and O–H groups in total. The van der Waals surface area contributed by atoms with E-state index in [0.717, 1.165) is 16.5 Å². The molecule has 0 fully saturated rings. The van der Waals surface area contributed by atoms with Crippen molar-refractivity contribution in [2.75, 3.05) is 0 Å². The van der Waals surface area contributed by atoms with Gasteiger partial charge in [0.2, 0.25) is 0 Å². The summed E-state index contributed by atoms with van der Waals surface area (Å²) in [6.45, 7) is 2.06. The lowest BCUT2D eigenvalue weighted by molar-refractivity contribution is 1.46. The van der Waals surface area contributed by atoms with E-state index in [-0.39, 0.29) is 0 Å². The van der Waals surface area contributed by atoms with E-state index in [9.17, 15) is 5.26 Å². The molecule has 0 saturated heterocycles. The van der Waals surface area contributed by atoms with Gasteiger partial charge in [-0.1, -0.05) is 48.0 Å². The first kappa shape index (κ1) is 12.7. The van der Waals surface area contributed by atoms with Gasteiger partial charge in [0.05, 0.1) is 11.6 Å². The minimum Gasteiger partial charge on any atom is -0.192 e. The first-order valence-corrected chi connectivity index (χ1v) is 7.31. The molecule has 20 heavy (non-hydrogen) atoms. The van der Waals surface area contributed by atoms with Crippen LogP contribution in [0.3, 0.4) is 0 Å². The van der Waals surface area contributed by atoms with Crippen LogP contribution >= 0.6 is 11.3 Å². The number of nitrogens with zero attached hydrogens (tertiary/aromatic N) is 1. The minimum atomic E-state index is 0.716. The molecule has 0 amide bonds. The van der Waals surface area contributed by atoms with Crippen molar-refractivity contribution < 1.29 is 0 Å². The molecule has 1 heterocycles. The normalized spacial score (nSPS) is 11.5. The Kier molecular flexibility index (Phi) is 3.37. The van der Waals surface area contributed by atoms with Gasteiger partial charge >= 0.3 is 0 Å². The molecule has 0 aliphatic rings. The Morgan fingerprint density at radius 1 is 1.15 bits per heavy atom. The Labute approximate surface area is 122 Å². The van der Waals surface area contributed by atoms with Crippen LogP contribution in [-0.4, -0.2) is 0 Å². The SMILES string of the molecule is Cc1cccc(/C=C(/C#N)c2csc3ccccc23)c1. The zero-order valence-corrected chi connectivity index (χ0v) is 11.9. The maximum absolute atomic E-state index is 9.47. The Bertz CT molecular complexity index is 834. The number of hydrogen-bond donors (Lipinski definition) is 0. The quantitative estimate of drug-likeness (QED) is 0.584. The Morgan fingerprint density at radius 3 is 2.80 bits per heavy atom. The van der Waals surface area contributed by atoms with Gasteiger partial charge in [-0.05, 0) is 24.6 Å². The van der Waals surface area contributed by atoms with Gasteiger partial charge in [0, 0.05) is 21.0 Å². The summed E-state index contributed by atoms with van der Waals surface area (Å²) in [4.78, 5) is 0. The summed E-state index contributed by atoms with van der Waals surface area (Å²) < 4.78 is 1.22. The van der Waals surface area contributed by atoms with Crippen molar-refractivity contribution in [3.63, 3.8) is 0 Å². The molecule has 1 nitrogen and oxygen atoms in total. The zero-order chi connectivity index (χ0) is 13.9. The lowest BCUT2D eigenvalue weighted by atomic mass is 10.0. The number of fused-ring (bicyclic) bond motifs is 1. The highest BCUT2D eigenvalue weighted by Crippen LogP contribution is 2.31. The van der Waals surface area contributed by atoms with Crippen LogP contribution in [0.2, 0.25) is 0 Å². The van der Waals surface area contributed by atoms with E-state index in [1.807, 2.05) is 30.3 Å². The van der Waals surface area contributed by atoms with Crippen LogP contribution in [0.1, 0.15) is 16.7 Å². The molecule has 2 heteroatoms. The first-order chi connectivity index (χ1) is 9.78. The highest BCUT2D eigenvalue weighted by molar-refractivity contribution is 7.17. The van der Waals surface area contributed by atoms with Crippen LogP contribution in [0.4, 0.5) is 0 Å². The average molecular weight is 275 g/mol. The molecule has 0 bridgehead atoms. The van der Waals surface area contributed by atoms with Crippen molar-refractivity contribution in [1.29, 1.82) is 5.26 Å².